The summed E-state index contributed by atoms with van der Waals surface area (Å²) < 4.78 is 5.65. The minimum atomic E-state index is -0.963. The molecule has 0 saturated carbocycles. The summed E-state index contributed by atoms with van der Waals surface area (Å²) in [6.07, 6.45) is 2.68. The number of carboxylic acids is 1. The minimum absolute atomic E-state index is 0.384. The summed E-state index contributed by atoms with van der Waals surface area (Å²) in [4.78, 5) is 15.7. The van der Waals surface area contributed by atoms with E-state index >= 15 is 0 Å². The molecule has 0 spiro atoms. The Bertz CT molecular complexity index is 629. The fourth-order valence-corrected chi connectivity index (χ4v) is 2.49. The highest BCUT2D eigenvalue weighted by Gasteiger charge is 2.06. The second kappa shape index (κ2) is 6.34. The zero-order valence-corrected chi connectivity index (χ0v) is 12.1. The van der Waals surface area contributed by atoms with Crippen LogP contribution in [0.15, 0.2) is 30.3 Å². The summed E-state index contributed by atoms with van der Waals surface area (Å²) in [5.41, 5.74) is 2.00. The molecule has 0 bridgehead atoms. The van der Waals surface area contributed by atoms with Crippen LogP contribution in [0.25, 0.3) is 6.08 Å². The molecule has 0 aliphatic rings. The highest BCUT2D eigenvalue weighted by atomic mass is 32.1. The van der Waals surface area contributed by atoms with Crippen LogP contribution in [0.5, 0.6) is 5.75 Å². The van der Waals surface area contributed by atoms with Gasteiger partial charge >= 0.3 is 5.97 Å². The third kappa shape index (κ3) is 3.93. The van der Waals surface area contributed by atoms with Crippen LogP contribution in [0.4, 0.5) is 0 Å². The minimum Gasteiger partial charge on any atom is -0.486 e. The Balaban J connectivity index is 2.01. The number of hydrogen-bond acceptors (Lipinski definition) is 4. The lowest BCUT2D eigenvalue weighted by molar-refractivity contribution is -0.131. The number of aliphatic carboxylic acids is 1. The predicted molar refractivity (Wildman–Crippen MR) is 79.0 cm³/mol. The first kappa shape index (κ1) is 14.3. The quantitative estimate of drug-likeness (QED) is 0.857. The maximum atomic E-state index is 10.5. The van der Waals surface area contributed by atoms with Crippen LogP contribution in [0.1, 0.15) is 21.1 Å². The number of ether oxygens (including phenoxy) is 1. The number of aromatic nitrogens is 1. The summed E-state index contributed by atoms with van der Waals surface area (Å²) in [5.74, 6) is -0.165. The van der Waals surface area contributed by atoms with E-state index in [9.17, 15) is 4.79 Å². The van der Waals surface area contributed by atoms with Gasteiger partial charge in [0.15, 0.2) is 0 Å². The van der Waals surface area contributed by atoms with E-state index in [2.05, 4.69) is 4.98 Å². The largest absolute Gasteiger partial charge is 0.486 e. The monoisotopic (exact) mass is 289 g/mol. The van der Waals surface area contributed by atoms with E-state index in [0.717, 1.165) is 27.4 Å². The Labute approximate surface area is 121 Å². The van der Waals surface area contributed by atoms with Crippen LogP contribution in [0, 0.1) is 13.8 Å². The van der Waals surface area contributed by atoms with Crippen LogP contribution < -0.4 is 4.74 Å². The maximum Gasteiger partial charge on any atom is 0.328 e. The molecular formula is C15H15NO3S. The lowest BCUT2D eigenvalue weighted by atomic mass is 10.2. The van der Waals surface area contributed by atoms with Crippen LogP contribution in [0.2, 0.25) is 0 Å². The zero-order valence-electron chi connectivity index (χ0n) is 11.3. The first-order valence-electron chi connectivity index (χ1n) is 6.11. The summed E-state index contributed by atoms with van der Waals surface area (Å²) in [7, 11) is 0. The molecule has 2 aromatic rings. The molecule has 0 aliphatic carbocycles. The Morgan fingerprint density at radius 1 is 1.35 bits per heavy atom. The number of rotatable bonds is 5. The lowest BCUT2D eigenvalue weighted by Gasteiger charge is -2.03. The van der Waals surface area contributed by atoms with Crippen molar-refractivity contribution in [1.29, 1.82) is 0 Å². The zero-order chi connectivity index (χ0) is 14.5. The molecule has 4 nitrogen and oxygen atoms in total. The van der Waals surface area contributed by atoms with Gasteiger partial charge in [0.1, 0.15) is 17.4 Å². The predicted octanol–water partition coefficient (Wildman–Crippen LogP) is 3.44. The summed E-state index contributed by atoms with van der Waals surface area (Å²) >= 11 is 1.44. The first-order valence-corrected chi connectivity index (χ1v) is 6.93. The molecule has 0 amide bonds. The van der Waals surface area contributed by atoms with Crippen LogP contribution in [0.3, 0.4) is 0 Å². The van der Waals surface area contributed by atoms with Gasteiger partial charge in [-0.25, -0.2) is 9.78 Å². The molecule has 5 heteroatoms. The molecule has 1 N–H and O–H groups in total. The Morgan fingerprint density at radius 3 is 2.70 bits per heavy atom. The van der Waals surface area contributed by atoms with Crippen molar-refractivity contribution in [2.45, 2.75) is 20.5 Å². The van der Waals surface area contributed by atoms with Gasteiger partial charge in [0, 0.05) is 6.08 Å². The Kier molecular flexibility index (Phi) is 4.53. The van der Waals surface area contributed by atoms with E-state index in [1.54, 1.807) is 6.08 Å². The Hall–Kier alpha value is -2.14. The normalized spacial score (nSPS) is 10.9. The van der Waals surface area contributed by atoms with Crippen LogP contribution in [-0.4, -0.2) is 16.1 Å². The van der Waals surface area contributed by atoms with E-state index in [0.29, 0.717) is 6.61 Å². The molecule has 0 aliphatic heterocycles. The molecular weight excluding hydrogens is 274 g/mol. The molecule has 0 atom stereocenters. The van der Waals surface area contributed by atoms with Crippen molar-refractivity contribution in [2.75, 3.05) is 0 Å². The lowest BCUT2D eigenvalue weighted by Crippen LogP contribution is -1.94. The number of aryl methyl sites for hydroxylation is 2. The van der Waals surface area contributed by atoms with E-state index in [1.165, 1.54) is 16.9 Å². The topological polar surface area (TPSA) is 59.4 Å². The SMILES string of the molecule is Cc1ccc(OCc2nc(C)c(/C=C/C(=O)O)s2)cc1. The van der Waals surface area contributed by atoms with Crippen molar-refractivity contribution in [1.82, 2.24) is 4.98 Å². The second-order valence-electron chi connectivity index (χ2n) is 4.33. The number of thiazole rings is 1. The highest BCUT2D eigenvalue weighted by molar-refractivity contribution is 7.12. The fourth-order valence-electron chi connectivity index (χ4n) is 1.61. The molecule has 2 rings (SSSR count). The van der Waals surface area contributed by atoms with Crippen molar-refractivity contribution in [2.24, 2.45) is 0 Å². The van der Waals surface area contributed by atoms with Gasteiger partial charge in [-0.15, -0.1) is 11.3 Å². The number of benzene rings is 1. The van der Waals surface area contributed by atoms with Gasteiger partial charge in [-0.2, -0.15) is 0 Å². The number of carbonyl (C=O) groups is 1. The standard InChI is InChI=1S/C15H15NO3S/c1-10-3-5-12(6-4-10)19-9-14-16-11(2)13(20-14)7-8-15(17)18/h3-8H,9H2,1-2H3,(H,17,18)/b8-7+. The number of hydrogen-bond donors (Lipinski definition) is 1. The van der Waals surface area contributed by atoms with Gasteiger partial charge in [-0.1, -0.05) is 17.7 Å². The van der Waals surface area contributed by atoms with Gasteiger partial charge in [-0.05, 0) is 32.1 Å². The van der Waals surface area contributed by atoms with Crippen LogP contribution in [-0.2, 0) is 11.4 Å². The van der Waals surface area contributed by atoms with Gasteiger partial charge < -0.3 is 9.84 Å². The molecule has 1 heterocycles. The smallest absolute Gasteiger partial charge is 0.328 e. The third-order valence-electron chi connectivity index (χ3n) is 2.64. The number of carboxylic acid groups (broad SMARTS) is 1. The van der Waals surface area contributed by atoms with Crippen molar-refractivity contribution >= 4 is 23.4 Å². The van der Waals surface area contributed by atoms with Crippen molar-refractivity contribution in [3.05, 3.63) is 51.5 Å². The van der Waals surface area contributed by atoms with E-state index in [-0.39, 0.29) is 0 Å². The van der Waals surface area contributed by atoms with Gasteiger partial charge in [0.2, 0.25) is 0 Å². The molecule has 0 radical (unpaired) electrons. The summed E-state index contributed by atoms with van der Waals surface area (Å²) in [6, 6.07) is 7.81. The van der Waals surface area contributed by atoms with Crippen molar-refractivity contribution in [3.8, 4) is 5.75 Å². The average molecular weight is 289 g/mol. The van der Waals surface area contributed by atoms with E-state index in [1.807, 2.05) is 38.1 Å². The Morgan fingerprint density at radius 2 is 2.05 bits per heavy atom. The van der Waals surface area contributed by atoms with Gasteiger partial charge in [-0.3, -0.25) is 0 Å². The van der Waals surface area contributed by atoms with Gasteiger partial charge in [0.25, 0.3) is 0 Å². The third-order valence-corrected chi connectivity index (χ3v) is 3.73. The molecule has 0 unspecified atom stereocenters. The molecule has 0 saturated heterocycles. The first-order chi connectivity index (χ1) is 9.54. The highest BCUT2D eigenvalue weighted by Crippen LogP contribution is 2.21. The molecule has 20 heavy (non-hydrogen) atoms. The molecule has 1 aromatic carbocycles. The van der Waals surface area contributed by atoms with Gasteiger partial charge in [0.05, 0.1) is 10.6 Å². The summed E-state index contributed by atoms with van der Waals surface area (Å²) in [5, 5.41) is 9.45. The molecule has 104 valence electrons. The van der Waals surface area contributed by atoms with E-state index < -0.39 is 5.97 Å². The van der Waals surface area contributed by atoms with Crippen molar-refractivity contribution in [3.63, 3.8) is 0 Å². The van der Waals surface area contributed by atoms with Crippen LogP contribution >= 0.6 is 11.3 Å². The molecule has 1 aromatic heterocycles. The molecule has 0 fully saturated rings. The fraction of sp³-hybridized carbons (Fsp3) is 0.200. The maximum absolute atomic E-state index is 10.5. The average Bonchev–Trinajstić information content (AvgIpc) is 2.76. The van der Waals surface area contributed by atoms with E-state index in [4.69, 9.17) is 9.84 Å². The summed E-state index contributed by atoms with van der Waals surface area (Å²) in [6.45, 7) is 4.26. The second-order valence-corrected chi connectivity index (χ2v) is 5.45. The van der Waals surface area contributed by atoms with Crippen molar-refractivity contribution < 1.29 is 14.6 Å². The number of nitrogens with zero attached hydrogens (tertiary/aromatic N) is 1.